The molecule has 1 heterocycles. The van der Waals surface area contributed by atoms with E-state index in [1.54, 1.807) is 13.0 Å². The number of Topliss-reactive ketones (excluding diaryl/α,β-unsaturated/α-hetero) is 1. The molecule has 0 amide bonds. The first-order valence-electron chi connectivity index (χ1n) is 3.67. The highest BCUT2D eigenvalue weighted by Crippen LogP contribution is 2.16. The minimum Gasteiger partial charge on any atom is -0.294 e. The lowest BCUT2D eigenvalue weighted by atomic mass is 10.1. The summed E-state index contributed by atoms with van der Waals surface area (Å²) in [7, 11) is 0. The fourth-order valence-electron chi connectivity index (χ4n) is 1.06. The van der Waals surface area contributed by atoms with Gasteiger partial charge in [0, 0.05) is 11.3 Å². The van der Waals surface area contributed by atoms with Gasteiger partial charge in [-0.05, 0) is 48.3 Å². The molecular weight excluding hydrogens is 218 g/mol. The second-order valence-corrected chi connectivity index (χ2v) is 3.57. The number of aromatic nitrogens is 1. The number of ketones is 1. The molecule has 0 saturated heterocycles. The Morgan fingerprint density at radius 1 is 1.50 bits per heavy atom. The molecular formula is C9H10BrNO. The highest BCUT2D eigenvalue weighted by atomic mass is 79.9. The Hall–Kier alpha value is -0.700. The Morgan fingerprint density at radius 2 is 2.08 bits per heavy atom. The van der Waals surface area contributed by atoms with Crippen molar-refractivity contribution in [2.45, 2.75) is 20.8 Å². The molecule has 0 bridgehead atoms. The maximum Gasteiger partial charge on any atom is 0.160 e. The van der Waals surface area contributed by atoms with Crippen molar-refractivity contribution in [3.8, 4) is 0 Å². The predicted octanol–water partition coefficient (Wildman–Crippen LogP) is 2.66. The van der Waals surface area contributed by atoms with Crippen molar-refractivity contribution in [2.75, 3.05) is 0 Å². The zero-order valence-corrected chi connectivity index (χ0v) is 8.90. The van der Waals surface area contributed by atoms with Gasteiger partial charge in [0.15, 0.2) is 5.78 Å². The van der Waals surface area contributed by atoms with Crippen LogP contribution in [0.2, 0.25) is 0 Å². The maximum atomic E-state index is 11.1. The summed E-state index contributed by atoms with van der Waals surface area (Å²) in [6.07, 6.45) is 0. The highest BCUT2D eigenvalue weighted by molar-refractivity contribution is 9.10. The number of rotatable bonds is 1. The second kappa shape index (κ2) is 3.35. The van der Waals surface area contributed by atoms with Gasteiger partial charge in [-0.3, -0.25) is 4.79 Å². The predicted molar refractivity (Wildman–Crippen MR) is 51.4 cm³/mol. The van der Waals surface area contributed by atoms with Gasteiger partial charge in [-0.2, -0.15) is 0 Å². The van der Waals surface area contributed by atoms with Crippen molar-refractivity contribution in [2.24, 2.45) is 0 Å². The van der Waals surface area contributed by atoms with E-state index >= 15 is 0 Å². The summed E-state index contributed by atoms with van der Waals surface area (Å²) in [6.45, 7) is 5.37. The van der Waals surface area contributed by atoms with Crippen molar-refractivity contribution in [3.05, 3.63) is 27.5 Å². The average Bonchev–Trinajstić information content (AvgIpc) is 1.96. The molecule has 0 N–H and O–H groups in total. The molecule has 0 radical (unpaired) electrons. The number of pyridine rings is 1. The van der Waals surface area contributed by atoms with E-state index in [9.17, 15) is 4.79 Å². The van der Waals surface area contributed by atoms with Crippen LogP contribution in [-0.2, 0) is 0 Å². The van der Waals surface area contributed by atoms with Crippen LogP contribution < -0.4 is 0 Å². The monoisotopic (exact) mass is 227 g/mol. The van der Waals surface area contributed by atoms with Crippen LogP contribution in [0.15, 0.2) is 10.7 Å². The fourth-order valence-corrected chi connectivity index (χ4v) is 1.56. The van der Waals surface area contributed by atoms with E-state index in [1.165, 1.54) is 0 Å². The van der Waals surface area contributed by atoms with Crippen LogP contribution in [0.4, 0.5) is 0 Å². The summed E-state index contributed by atoms with van der Waals surface area (Å²) in [5, 5.41) is 0. The number of aryl methyl sites for hydroxylation is 1. The number of halogens is 1. The van der Waals surface area contributed by atoms with Crippen LogP contribution in [0.3, 0.4) is 0 Å². The lowest BCUT2D eigenvalue weighted by Gasteiger charge is -2.04. The first-order valence-corrected chi connectivity index (χ1v) is 4.46. The molecule has 0 saturated carbocycles. The normalized spacial score (nSPS) is 10.0. The van der Waals surface area contributed by atoms with Gasteiger partial charge in [-0.1, -0.05) is 0 Å². The number of carbonyl (C=O) groups excluding carboxylic acids is 1. The molecule has 1 aromatic heterocycles. The Kier molecular flexibility index (Phi) is 2.62. The third-order valence-electron chi connectivity index (χ3n) is 1.86. The number of carbonyl (C=O) groups is 1. The zero-order valence-electron chi connectivity index (χ0n) is 7.31. The molecule has 0 spiro atoms. The van der Waals surface area contributed by atoms with E-state index in [-0.39, 0.29) is 5.78 Å². The molecule has 0 aliphatic heterocycles. The molecule has 0 unspecified atom stereocenters. The van der Waals surface area contributed by atoms with Gasteiger partial charge in [-0.15, -0.1) is 0 Å². The van der Waals surface area contributed by atoms with Crippen molar-refractivity contribution < 1.29 is 4.79 Å². The van der Waals surface area contributed by atoms with Crippen LogP contribution in [0.1, 0.15) is 28.5 Å². The topological polar surface area (TPSA) is 30.0 Å². The summed E-state index contributed by atoms with van der Waals surface area (Å²) in [5.74, 6) is 0.0821. The SMILES string of the molecule is CC(=O)c1cc(Br)nc(C)c1C. The Balaban J connectivity index is 3.37. The molecule has 1 aromatic rings. The van der Waals surface area contributed by atoms with Crippen LogP contribution in [0.25, 0.3) is 0 Å². The van der Waals surface area contributed by atoms with Crippen LogP contribution >= 0.6 is 15.9 Å². The Bertz CT molecular complexity index is 334. The molecule has 0 aromatic carbocycles. The molecule has 3 heteroatoms. The van der Waals surface area contributed by atoms with Gasteiger partial charge in [0.25, 0.3) is 0 Å². The molecule has 12 heavy (non-hydrogen) atoms. The first kappa shape index (κ1) is 9.39. The largest absolute Gasteiger partial charge is 0.294 e. The van der Waals surface area contributed by atoms with Gasteiger partial charge < -0.3 is 0 Å². The van der Waals surface area contributed by atoms with Gasteiger partial charge >= 0.3 is 0 Å². The van der Waals surface area contributed by atoms with E-state index < -0.39 is 0 Å². The van der Waals surface area contributed by atoms with E-state index in [0.717, 1.165) is 21.4 Å². The molecule has 0 fully saturated rings. The lowest BCUT2D eigenvalue weighted by molar-refractivity contribution is 0.101. The minimum absolute atomic E-state index is 0.0821. The van der Waals surface area contributed by atoms with Gasteiger partial charge in [-0.25, -0.2) is 4.98 Å². The van der Waals surface area contributed by atoms with Crippen LogP contribution in [0.5, 0.6) is 0 Å². The Morgan fingerprint density at radius 3 is 2.58 bits per heavy atom. The molecule has 0 aliphatic carbocycles. The fraction of sp³-hybridized carbons (Fsp3) is 0.333. The Labute approximate surface area is 80.1 Å². The number of hydrogen-bond donors (Lipinski definition) is 0. The smallest absolute Gasteiger partial charge is 0.160 e. The highest BCUT2D eigenvalue weighted by Gasteiger charge is 2.07. The van der Waals surface area contributed by atoms with Gasteiger partial charge in [0.05, 0.1) is 0 Å². The standard InChI is InChI=1S/C9H10BrNO/c1-5-6(2)11-9(10)4-8(5)7(3)12/h4H,1-3H3. The van der Waals surface area contributed by atoms with Crippen molar-refractivity contribution in [1.29, 1.82) is 0 Å². The summed E-state index contributed by atoms with van der Waals surface area (Å²) >= 11 is 3.25. The summed E-state index contributed by atoms with van der Waals surface area (Å²) < 4.78 is 0.718. The third-order valence-corrected chi connectivity index (χ3v) is 2.27. The van der Waals surface area contributed by atoms with Gasteiger partial charge in [0.2, 0.25) is 0 Å². The molecule has 2 nitrogen and oxygen atoms in total. The molecule has 64 valence electrons. The van der Waals surface area contributed by atoms with Crippen molar-refractivity contribution in [1.82, 2.24) is 4.98 Å². The first-order chi connectivity index (χ1) is 5.52. The third kappa shape index (κ3) is 1.72. The molecule has 0 atom stereocenters. The van der Waals surface area contributed by atoms with Crippen LogP contribution in [0, 0.1) is 13.8 Å². The van der Waals surface area contributed by atoms with Gasteiger partial charge in [0.1, 0.15) is 4.60 Å². The number of hydrogen-bond acceptors (Lipinski definition) is 2. The van der Waals surface area contributed by atoms with Crippen molar-refractivity contribution in [3.63, 3.8) is 0 Å². The average molecular weight is 228 g/mol. The van der Waals surface area contributed by atoms with Crippen LogP contribution in [-0.4, -0.2) is 10.8 Å². The second-order valence-electron chi connectivity index (χ2n) is 2.76. The summed E-state index contributed by atoms with van der Waals surface area (Å²) in [5.41, 5.74) is 2.61. The van der Waals surface area contributed by atoms with E-state index in [0.29, 0.717) is 0 Å². The van der Waals surface area contributed by atoms with E-state index in [2.05, 4.69) is 20.9 Å². The molecule has 0 aliphatic rings. The lowest BCUT2D eigenvalue weighted by Crippen LogP contribution is -2.00. The molecule has 1 rings (SSSR count). The quantitative estimate of drug-likeness (QED) is 0.546. The maximum absolute atomic E-state index is 11.1. The van der Waals surface area contributed by atoms with E-state index in [1.807, 2.05) is 13.8 Å². The zero-order chi connectivity index (χ0) is 9.30. The van der Waals surface area contributed by atoms with Crippen molar-refractivity contribution >= 4 is 21.7 Å². The minimum atomic E-state index is 0.0821. The summed E-state index contributed by atoms with van der Waals surface area (Å²) in [6, 6.07) is 1.75. The summed E-state index contributed by atoms with van der Waals surface area (Å²) in [4.78, 5) is 15.3. The van der Waals surface area contributed by atoms with E-state index in [4.69, 9.17) is 0 Å². The number of nitrogens with zero attached hydrogens (tertiary/aromatic N) is 1.